The lowest BCUT2D eigenvalue weighted by atomic mass is 10.2. The van der Waals surface area contributed by atoms with Gasteiger partial charge in [0.2, 0.25) is 5.13 Å². The Bertz CT molecular complexity index is 788. The highest BCUT2D eigenvalue weighted by Gasteiger charge is 2.22. The van der Waals surface area contributed by atoms with Crippen LogP contribution in [0.1, 0.15) is 0 Å². The fourth-order valence-corrected chi connectivity index (χ4v) is 3.25. The zero-order valence-electron chi connectivity index (χ0n) is 10.5. The van der Waals surface area contributed by atoms with Crippen molar-refractivity contribution in [2.45, 2.75) is 4.34 Å². The monoisotopic (exact) mass is 331 g/mol. The normalized spacial score (nSPS) is 11.1. The first kappa shape index (κ1) is 14.9. The van der Waals surface area contributed by atoms with Gasteiger partial charge in [-0.2, -0.15) is 8.42 Å². The number of nitrogens with one attached hydrogen (secondary N) is 1. The maximum Gasteiger partial charge on any atom is 0.291 e. The number of nitrogens with two attached hydrogens (primary N) is 1. The number of nitrogen functional groups attached to an aromatic ring is 1. The summed E-state index contributed by atoms with van der Waals surface area (Å²) >= 11 is 0.691. The van der Waals surface area contributed by atoms with Crippen LogP contribution in [0.3, 0.4) is 0 Å². The SMILES string of the molecule is COc1cc([N+](=O)[O-])ccc1NS(=O)(=O)c1nnc(N)s1. The molecular formula is C9H9N5O5S2. The van der Waals surface area contributed by atoms with E-state index in [-0.39, 0.29) is 26.6 Å². The standard InChI is InChI=1S/C9H9N5O5S2/c1-19-7-4-5(14(15)16)2-3-6(7)13-21(17,18)9-12-11-8(10)20-9/h2-4,13H,1H3,(H2,10,11). The number of hydrogen-bond donors (Lipinski definition) is 2. The number of benzene rings is 1. The molecule has 0 aliphatic heterocycles. The molecule has 1 aromatic heterocycles. The van der Waals surface area contributed by atoms with Gasteiger partial charge >= 0.3 is 0 Å². The molecule has 0 fully saturated rings. The van der Waals surface area contributed by atoms with Gasteiger partial charge in [0.1, 0.15) is 5.75 Å². The number of non-ortho nitro benzene ring substituents is 1. The van der Waals surface area contributed by atoms with Gasteiger partial charge in [-0.15, -0.1) is 10.2 Å². The lowest BCUT2D eigenvalue weighted by Crippen LogP contribution is -2.13. The second kappa shape index (κ2) is 5.49. The third kappa shape index (κ3) is 3.17. The average Bonchev–Trinajstić information content (AvgIpc) is 2.86. The molecule has 0 atom stereocenters. The summed E-state index contributed by atoms with van der Waals surface area (Å²) in [4.78, 5) is 10.1. The number of aromatic nitrogens is 2. The molecule has 2 aromatic rings. The van der Waals surface area contributed by atoms with E-state index in [0.29, 0.717) is 11.3 Å². The Kier molecular flexibility index (Phi) is 3.90. The zero-order chi connectivity index (χ0) is 15.6. The van der Waals surface area contributed by atoms with Gasteiger partial charge in [-0.05, 0) is 6.07 Å². The number of nitrogens with zero attached hydrogens (tertiary/aromatic N) is 3. The molecule has 1 aromatic carbocycles. The van der Waals surface area contributed by atoms with Crippen LogP contribution in [-0.2, 0) is 10.0 Å². The van der Waals surface area contributed by atoms with Crippen LogP contribution in [0.2, 0.25) is 0 Å². The second-order valence-electron chi connectivity index (χ2n) is 3.65. The van der Waals surface area contributed by atoms with Gasteiger partial charge in [-0.25, -0.2) is 0 Å². The van der Waals surface area contributed by atoms with Gasteiger partial charge in [0.15, 0.2) is 0 Å². The molecular weight excluding hydrogens is 322 g/mol. The van der Waals surface area contributed by atoms with Gasteiger partial charge in [0.05, 0.1) is 23.8 Å². The Morgan fingerprint density at radius 3 is 2.67 bits per heavy atom. The van der Waals surface area contributed by atoms with E-state index in [0.717, 1.165) is 12.1 Å². The molecule has 12 heteroatoms. The number of sulfonamides is 1. The van der Waals surface area contributed by atoms with Crippen molar-refractivity contribution in [2.75, 3.05) is 17.6 Å². The number of ether oxygens (including phenoxy) is 1. The molecule has 2 rings (SSSR count). The summed E-state index contributed by atoms with van der Waals surface area (Å²) < 4.78 is 30.9. The van der Waals surface area contributed by atoms with Crippen molar-refractivity contribution in [1.29, 1.82) is 0 Å². The molecule has 0 saturated heterocycles. The number of anilines is 2. The predicted octanol–water partition coefficient (Wildman–Crippen LogP) is 0.838. The maximum absolute atomic E-state index is 12.1. The smallest absolute Gasteiger partial charge is 0.291 e. The van der Waals surface area contributed by atoms with E-state index in [1.54, 1.807) is 0 Å². The number of methoxy groups -OCH3 is 1. The van der Waals surface area contributed by atoms with E-state index in [2.05, 4.69) is 14.9 Å². The third-order valence-electron chi connectivity index (χ3n) is 2.29. The van der Waals surface area contributed by atoms with Crippen LogP contribution in [0, 0.1) is 10.1 Å². The summed E-state index contributed by atoms with van der Waals surface area (Å²) in [6.45, 7) is 0. The van der Waals surface area contributed by atoms with Crippen LogP contribution in [-0.4, -0.2) is 30.6 Å². The van der Waals surface area contributed by atoms with Crippen molar-refractivity contribution in [3.05, 3.63) is 28.3 Å². The highest BCUT2D eigenvalue weighted by Crippen LogP contribution is 2.31. The highest BCUT2D eigenvalue weighted by molar-refractivity contribution is 7.94. The van der Waals surface area contributed by atoms with Gasteiger partial charge < -0.3 is 10.5 Å². The molecule has 0 saturated carbocycles. The Morgan fingerprint density at radius 2 is 2.14 bits per heavy atom. The molecule has 1 heterocycles. The summed E-state index contributed by atoms with van der Waals surface area (Å²) in [5.41, 5.74) is 5.14. The van der Waals surface area contributed by atoms with Crippen LogP contribution in [0.15, 0.2) is 22.5 Å². The van der Waals surface area contributed by atoms with Crippen molar-refractivity contribution >= 4 is 37.9 Å². The molecule has 0 aliphatic rings. The lowest BCUT2D eigenvalue weighted by Gasteiger charge is -2.09. The van der Waals surface area contributed by atoms with E-state index in [4.69, 9.17) is 10.5 Å². The summed E-state index contributed by atoms with van der Waals surface area (Å²) in [6.07, 6.45) is 0. The Labute approximate surface area is 122 Å². The molecule has 0 radical (unpaired) electrons. The maximum atomic E-state index is 12.1. The fraction of sp³-hybridized carbons (Fsp3) is 0.111. The van der Waals surface area contributed by atoms with Crippen LogP contribution in [0.5, 0.6) is 5.75 Å². The van der Waals surface area contributed by atoms with Gasteiger partial charge in [0.25, 0.3) is 20.1 Å². The molecule has 10 nitrogen and oxygen atoms in total. The third-order valence-corrected chi connectivity index (χ3v) is 4.78. The summed E-state index contributed by atoms with van der Waals surface area (Å²) in [5, 5.41) is 17.5. The predicted molar refractivity (Wildman–Crippen MR) is 74.8 cm³/mol. The van der Waals surface area contributed by atoms with Crippen LogP contribution < -0.4 is 15.2 Å². The number of nitro groups is 1. The van der Waals surface area contributed by atoms with Crippen molar-refractivity contribution < 1.29 is 18.1 Å². The Hall–Kier alpha value is -2.47. The molecule has 0 unspecified atom stereocenters. The molecule has 0 bridgehead atoms. The first-order valence-corrected chi connectivity index (χ1v) is 7.57. The molecule has 3 N–H and O–H groups in total. The molecule has 112 valence electrons. The minimum Gasteiger partial charge on any atom is -0.494 e. The molecule has 0 spiro atoms. The minimum absolute atomic E-state index is 0.00487. The zero-order valence-corrected chi connectivity index (χ0v) is 12.1. The van der Waals surface area contributed by atoms with E-state index in [1.165, 1.54) is 13.2 Å². The summed E-state index contributed by atoms with van der Waals surface area (Å²) in [6, 6.07) is 3.47. The molecule has 0 amide bonds. The largest absolute Gasteiger partial charge is 0.494 e. The molecule has 0 aliphatic carbocycles. The summed E-state index contributed by atoms with van der Waals surface area (Å²) in [5.74, 6) is 0.00487. The quantitative estimate of drug-likeness (QED) is 0.604. The number of hydrogen-bond acceptors (Lipinski definition) is 9. The first-order chi connectivity index (χ1) is 9.83. The molecule has 21 heavy (non-hydrogen) atoms. The van der Waals surface area contributed by atoms with Crippen LogP contribution >= 0.6 is 11.3 Å². The Balaban J connectivity index is 2.37. The highest BCUT2D eigenvalue weighted by atomic mass is 32.2. The van der Waals surface area contributed by atoms with Crippen molar-refractivity contribution in [2.24, 2.45) is 0 Å². The van der Waals surface area contributed by atoms with E-state index in [1.807, 2.05) is 0 Å². The fourth-order valence-electron chi connectivity index (χ4n) is 1.40. The average molecular weight is 331 g/mol. The van der Waals surface area contributed by atoms with Crippen molar-refractivity contribution in [1.82, 2.24) is 10.2 Å². The number of rotatable bonds is 5. The summed E-state index contributed by atoms with van der Waals surface area (Å²) in [7, 11) is -2.73. The number of nitro benzene ring substituents is 1. The van der Waals surface area contributed by atoms with Crippen molar-refractivity contribution in [3.8, 4) is 5.75 Å². The van der Waals surface area contributed by atoms with E-state index < -0.39 is 14.9 Å². The van der Waals surface area contributed by atoms with Crippen LogP contribution in [0.4, 0.5) is 16.5 Å². The van der Waals surface area contributed by atoms with E-state index >= 15 is 0 Å². The van der Waals surface area contributed by atoms with Crippen LogP contribution in [0.25, 0.3) is 0 Å². The van der Waals surface area contributed by atoms with Gasteiger partial charge in [-0.1, -0.05) is 11.3 Å². The van der Waals surface area contributed by atoms with E-state index in [9.17, 15) is 18.5 Å². The Morgan fingerprint density at radius 1 is 1.43 bits per heavy atom. The van der Waals surface area contributed by atoms with Gasteiger partial charge in [-0.3, -0.25) is 14.8 Å². The second-order valence-corrected chi connectivity index (χ2v) is 6.52. The van der Waals surface area contributed by atoms with Gasteiger partial charge in [0, 0.05) is 6.07 Å². The first-order valence-electron chi connectivity index (χ1n) is 5.27. The minimum atomic E-state index is -3.99. The topological polar surface area (TPSA) is 150 Å². The lowest BCUT2D eigenvalue weighted by molar-refractivity contribution is -0.384. The van der Waals surface area contributed by atoms with Crippen molar-refractivity contribution in [3.63, 3.8) is 0 Å².